The van der Waals surface area contributed by atoms with E-state index in [9.17, 15) is 18.5 Å². The van der Waals surface area contributed by atoms with Crippen LogP contribution >= 0.6 is 0 Å². The van der Waals surface area contributed by atoms with Crippen LogP contribution in [-0.2, 0) is 10.0 Å². The molecule has 122 valence electrons. The Balaban J connectivity index is 2.61. The summed E-state index contributed by atoms with van der Waals surface area (Å²) in [6.45, 7) is 5.65. The van der Waals surface area contributed by atoms with Gasteiger partial charge in [0.25, 0.3) is 15.7 Å². The fourth-order valence-corrected chi connectivity index (χ4v) is 4.18. The first-order chi connectivity index (χ1) is 10.8. The first kappa shape index (κ1) is 17.0. The predicted octanol–water partition coefficient (Wildman–Crippen LogP) is 3.43. The minimum absolute atomic E-state index is 0.0868. The van der Waals surface area contributed by atoms with Crippen molar-refractivity contribution in [3.05, 3.63) is 63.7 Å². The number of benzene rings is 2. The fourth-order valence-electron chi connectivity index (χ4n) is 2.53. The lowest BCUT2D eigenvalue weighted by molar-refractivity contribution is -0.385. The van der Waals surface area contributed by atoms with Gasteiger partial charge >= 0.3 is 0 Å². The number of nitrogens with zero attached hydrogens (tertiary/aromatic N) is 2. The van der Waals surface area contributed by atoms with Gasteiger partial charge in [0, 0.05) is 18.7 Å². The van der Waals surface area contributed by atoms with E-state index in [0.717, 1.165) is 17.2 Å². The average molecular weight is 334 g/mol. The highest BCUT2D eigenvalue weighted by Gasteiger charge is 2.27. The molecule has 0 aliphatic heterocycles. The molecule has 2 aromatic carbocycles. The van der Waals surface area contributed by atoms with E-state index in [1.807, 2.05) is 32.0 Å². The number of anilines is 1. The normalized spacial score (nSPS) is 11.3. The molecule has 0 radical (unpaired) electrons. The third-order valence-electron chi connectivity index (χ3n) is 3.59. The molecule has 0 saturated carbocycles. The van der Waals surface area contributed by atoms with Gasteiger partial charge < -0.3 is 0 Å². The first-order valence-electron chi connectivity index (χ1n) is 7.12. The lowest BCUT2D eigenvalue weighted by Gasteiger charge is -2.26. The molecule has 6 nitrogen and oxygen atoms in total. The van der Waals surface area contributed by atoms with Gasteiger partial charge in [0.2, 0.25) is 0 Å². The van der Waals surface area contributed by atoms with Crippen LogP contribution < -0.4 is 4.31 Å². The molecule has 0 spiro atoms. The molecule has 0 fully saturated rings. The van der Waals surface area contributed by atoms with Gasteiger partial charge in [-0.3, -0.25) is 14.4 Å². The number of hydrogen-bond acceptors (Lipinski definition) is 4. The Bertz CT molecular complexity index is 827. The second kappa shape index (κ2) is 6.37. The lowest BCUT2D eigenvalue weighted by atomic mass is 10.1. The van der Waals surface area contributed by atoms with Crippen molar-refractivity contribution in [3.63, 3.8) is 0 Å². The molecule has 2 rings (SSSR count). The van der Waals surface area contributed by atoms with E-state index in [0.29, 0.717) is 5.69 Å². The number of rotatable bonds is 5. The van der Waals surface area contributed by atoms with Crippen LogP contribution in [-0.4, -0.2) is 19.9 Å². The monoisotopic (exact) mass is 334 g/mol. The predicted molar refractivity (Wildman–Crippen MR) is 89.2 cm³/mol. The molecular formula is C16H18N2O4S. The molecule has 0 bridgehead atoms. The van der Waals surface area contributed by atoms with Crippen molar-refractivity contribution < 1.29 is 13.3 Å². The van der Waals surface area contributed by atoms with Gasteiger partial charge in [-0.15, -0.1) is 0 Å². The van der Waals surface area contributed by atoms with Crippen LogP contribution in [0.3, 0.4) is 0 Å². The maximum Gasteiger partial charge on any atom is 0.270 e. The van der Waals surface area contributed by atoms with Crippen LogP contribution in [0.25, 0.3) is 0 Å². The highest BCUT2D eigenvalue weighted by atomic mass is 32.2. The van der Waals surface area contributed by atoms with Gasteiger partial charge in [-0.2, -0.15) is 0 Å². The number of sulfonamides is 1. The number of aryl methyl sites for hydroxylation is 2. The molecule has 0 aliphatic carbocycles. The molecule has 2 aromatic rings. The molecule has 0 unspecified atom stereocenters. The molecular weight excluding hydrogens is 316 g/mol. The van der Waals surface area contributed by atoms with Crippen molar-refractivity contribution >= 4 is 21.4 Å². The molecule has 0 N–H and O–H groups in total. The number of hydrogen-bond donors (Lipinski definition) is 0. The van der Waals surface area contributed by atoms with E-state index < -0.39 is 14.9 Å². The standard InChI is InChI=1S/C16H18N2O4S/c1-4-17(16-12(2)7-5-8-13(16)3)23(21,22)15-10-6-9-14(11-15)18(19)20/h5-11H,4H2,1-3H3. The highest BCUT2D eigenvalue weighted by molar-refractivity contribution is 7.92. The van der Waals surface area contributed by atoms with Crippen molar-refractivity contribution in [3.8, 4) is 0 Å². The average Bonchev–Trinajstić information content (AvgIpc) is 2.51. The number of non-ortho nitro benzene ring substituents is 1. The Morgan fingerprint density at radius 1 is 1.09 bits per heavy atom. The van der Waals surface area contributed by atoms with Crippen molar-refractivity contribution in [1.82, 2.24) is 0 Å². The van der Waals surface area contributed by atoms with Crippen LogP contribution in [0.15, 0.2) is 47.4 Å². The molecule has 7 heteroatoms. The largest absolute Gasteiger partial charge is 0.270 e. The van der Waals surface area contributed by atoms with Crippen LogP contribution in [0.2, 0.25) is 0 Å². The zero-order chi connectivity index (χ0) is 17.2. The van der Waals surface area contributed by atoms with Crippen molar-refractivity contribution in [2.75, 3.05) is 10.8 Å². The second-order valence-electron chi connectivity index (χ2n) is 5.16. The van der Waals surface area contributed by atoms with Crippen LogP contribution in [0, 0.1) is 24.0 Å². The van der Waals surface area contributed by atoms with Gasteiger partial charge in [-0.1, -0.05) is 24.3 Å². The summed E-state index contributed by atoms with van der Waals surface area (Å²) < 4.78 is 27.2. The van der Waals surface area contributed by atoms with Gasteiger partial charge in [0.1, 0.15) is 0 Å². The Kier molecular flexibility index (Phi) is 4.70. The topological polar surface area (TPSA) is 80.5 Å². The Morgan fingerprint density at radius 3 is 2.17 bits per heavy atom. The minimum atomic E-state index is -3.88. The van der Waals surface area contributed by atoms with Crippen molar-refractivity contribution in [1.29, 1.82) is 0 Å². The van der Waals surface area contributed by atoms with Crippen LogP contribution in [0.4, 0.5) is 11.4 Å². The quantitative estimate of drug-likeness (QED) is 0.620. The first-order valence-corrected chi connectivity index (χ1v) is 8.56. The van der Waals surface area contributed by atoms with Crippen molar-refractivity contribution in [2.45, 2.75) is 25.7 Å². The Hall–Kier alpha value is -2.41. The van der Waals surface area contributed by atoms with Crippen molar-refractivity contribution in [2.24, 2.45) is 0 Å². The van der Waals surface area contributed by atoms with Gasteiger partial charge in [0.15, 0.2) is 0 Å². The zero-order valence-corrected chi connectivity index (χ0v) is 14.0. The smallest absolute Gasteiger partial charge is 0.266 e. The molecule has 0 heterocycles. The zero-order valence-electron chi connectivity index (χ0n) is 13.2. The summed E-state index contributed by atoms with van der Waals surface area (Å²) in [5.41, 5.74) is 2.03. The Morgan fingerprint density at radius 2 is 1.65 bits per heavy atom. The summed E-state index contributed by atoms with van der Waals surface area (Å²) in [6, 6.07) is 10.7. The summed E-state index contributed by atoms with van der Waals surface area (Å²) in [4.78, 5) is 10.2. The molecule has 0 atom stereocenters. The van der Waals surface area contributed by atoms with E-state index in [2.05, 4.69) is 0 Å². The molecule has 0 aliphatic rings. The molecule has 0 aromatic heterocycles. The van der Waals surface area contributed by atoms with E-state index >= 15 is 0 Å². The second-order valence-corrected chi connectivity index (χ2v) is 7.03. The van der Waals surface area contributed by atoms with E-state index in [1.165, 1.54) is 22.5 Å². The van der Waals surface area contributed by atoms with Gasteiger partial charge in [-0.25, -0.2) is 8.42 Å². The van der Waals surface area contributed by atoms with Crippen LogP contribution in [0.5, 0.6) is 0 Å². The SMILES string of the molecule is CCN(c1c(C)cccc1C)S(=O)(=O)c1cccc([N+](=O)[O-])c1. The summed E-state index contributed by atoms with van der Waals surface area (Å²) >= 11 is 0. The Labute approximate surface area is 135 Å². The highest BCUT2D eigenvalue weighted by Crippen LogP contribution is 2.30. The third kappa shape index (κ3) is 3.19. The molecule has 23 heavy (non-hydrogen) atoms. The van der Waals surface area contributed by atoms with E-state index in [1.54, 1.807) is 6.92 Å². The fraction of sp³-hybridized carbons (Fsp3) is 0.250. The molecule has 0 amide bonds. The maximum absolute atomic E-state index is 12.9. The summed E-state index contributed by atoms with van der Waals surface area (Å²) in [5.74, 6) is 0. The summed E-state index contributed by atoms with van der Waals surface area (Å²) in [7, 11) is -3.88. The van der Waals surface area contributed by atoms with Crippen LogP contribution in [0.1, 0.15) is 18.1 Å². The number of nitro benzene ring substituents is 1. The number of nitro groups is 1. The third-order valence-corrected chi connectivity index (χ3v) is 5.46. The summed E-state index contributed by atoms with van der Waals surface area (Å²) in [5, 5.41) is 10.9. The maximum atomic E-state index is 12.9. The van der Waals surface area contributed by atoms with Gasteiger partial charge in [0.05, 0.1) is 15.5 Å². The van der Waals surface area contributed by atoms with E-state index in [-0.39, 0.29) is 17.1 Å². The minimum Gasteiger partial charge on any atom is -0.266 e. The molecule has 0 saturated heterocycles. The lowest BCUT2D eigenvalue weighted by Crippen LogP contribution is -2.32. The summed E-state index contributed by atoms with van der Waals surface area (Å²) in [6.07, 6.45) is 0. The van der Waals surface area contributed by atoms with Gasteiger partial charge in [-0.05, 0) is 38.0 Å². The number of para-hydroxylation sites is 1. The van der Waals surface area contributed by atoms with E-state index in [4.69, 9.17) is 0 Å².